The molecule has 0 aliphatic carbocycles. The van der Waals surface area contributed by atoms with Crippen LogP contribution in [-0.4, -0.2) is 11.9 Å². The summed E-state index contributed by atoms with van der Waals surface area (Å²) in [5, 5.41) is 3.20. The summed E-state index contributed by atoms with van der Waals surface area (Å²) in [5.74, 6) is -0.597. The van der Waals surface area contributed by atoms with Crippen LogP contribution in [0.15, 0.2) is 42.5 Å². The minimum atomic E-state index is -0.580. The molecule has 25 heavy (non-hydrogen) atoms. The normalized spacial score (nSPS) is 12.8. The Labute approximate surface area is 157 Å². The van der Waals surface area contributed by atoms with E-state index >= 15 is 0 Å². The van der Waals surface area contributed by atoms with E-state index in [1.54, 1.807) is 43.3 Å². The van der Waals surface area contributed by atoms with Crippen LogP contribution in [0.25, 0.3) is 0 Å². The number of benzene rings is 2. The minimum absolute atomic E-state index is 0. The molecule has 0 spiro atoms. The molecule has 0 heterocycles. The number of nitrogens with two attached hydrogens (primary N) is 1. The fourth-order valence-electron chi connectivity index (χ4n) is 2.33. The zero-order valence-electron chi connectivity index (χ0n) is 14.0. The quantitative estimate of drug-likeness (QED) is 0.730. The molecule has 4 nitrogen and oxygen atoms in total. The fourth-order valence-corrected chi connectivity index (χ4v) is 2.51. The molecule has 0 saturated heterocycles. The molecule has 7 heteroatoms. The predicted molar refractivity (Wildman–Crippen MR) is 100.0 cm³/mol. The molecule has 2 rings (SSSR count). The second-order valence-electron chi connectivity index (χ2n) is 5.45. The maximum absolute atomic E-state index is 14.9. The highest BCUT2D eigenvalue weighted by molar-refractivity contribution is 6.32. The van der Waals surface area contributed by atoms with E-state index < -0.39 is 17.8 Å². The Morgan fingerprint density at radius 1 is 1.28 bits per heavy atom. The first-order valence-electron chi connectivity index (χ1n) is 7.70. The van der Waals surface area contributed by atoms with Crippen molar-refractivity contribution in [2.24, 2.45) is 5.73 Å². The number of hydrogen-bond acceptors (Lipinski definition) is 3. The molecule has 0 bridgehead atoms. The van der Waals surface area contributed by atoms with E-state index in [1.807, 2.05) is 13.0 Å². The summed E-state index contributed by atoms with van der Waals surface area (Å²) in [5.41, 5.74) is 5.65. The average molecular weight is 387 g/mol. The van der Waals surface area contributed by atoms with E-state index in [-0.39, 0.29) is 29.2 Å². The lowest BCUT2D eigenvalue weighted by atomic mass is 10.0. The molecule has 0 fully saturated rings. The van der Waals surface area contributed by atoms with Crippen molar-refractivity contribution in [3.63, 3.8) is 0 Å². The predicted octanol–water partition coefficient (Wildman–Crippen LogP) is 4.61. The summed E-state index contributed by atoms with van der Waals surface area (Å²) in [6.45, 7) is 3.53. The number of amides is 1. The number of halogens is 3. The van der Waals surface area contributed by atoms with Crippen molar-refractivity contribution >= 4 is 29.9 Å². The third-order valence-corrected chi connectivity index (χ3v) is 4.00. The van der Waals surface area contributed by atoms with Gasteiger partial charge in [0.25, 0.3) is 0 Å². The Balaban J connectivity index is 0.00000312. The lowest BCUT2D eigenvalue weighted by Gasteiger charge is -2.22. The summed E-state index contributed by atoms with van der Waals surface area (Å²) in [6, 6.07) is 11.0. The molecule has 1 amide bonds. The van der Waals surface area contributed by atoms with Crippen LogP contribution in [0.5, 0.6) is 11.5 Å². The maximum Gasteiger partial charge on any atom is 0.234 e. The van der Waals surface area contributed by atoms with E-state index in [4.69, 9.17) is 22.1 Å². The Morgan fingerprint density at radius 3 is 2.48 bits per heavy atom. The molecule has 0 aliphatic heterocycles. The van der Waals surface area contributed by atoms with Gasteiger partial charge in [0, 0.05) is 11.6 Å². The van der Waals surface area contributed by atoms with Gasteiger partial charge in [-0.05, 0) is 31.5 Å². The highest BCUT2D eigenvalue weighted by atomic mass is 35.5. The third kappa shape index (κ3) is 5.33. The summed E-state index contributed by atoms with van der Waals surface area (Å²) < 4.78 is 20.5. The topological polar surface area (TPSA) is 64.3 Å². The molecule has 0 aromatic heterocycles. The van der Waals surface area contributed by atoms with Gasteiger partial charge in [0.15, 0.2) is 11.6 Å². The Kier molecular flexibility index (Phi) is 8.16. The monoisotopic (exact) mass is 386 g/mol. The lowest BCUT2D eigenvalue weighted by Crippen LogP contribution is -2.40. The van der Waals surface area contributed by atoms with Gasteiger partial charge in [0.1, 0.15) is 5.75 Å². The van der Waals surface area contributed by atoms with Crippen LogP contribution in [0.2, 0.25) is 5.02 Å². The molecule has 3 N–H and O–H groups in total. The summed E-state index contributed by atoms with van der Waals surface area (Å²) in [4.78, 5) is 11.2. The number of nitrogens with one attached hydrogen (secondary N) is 1. The zero-order valence-corrected chi connectivity index (χ0v) is 15.5. The van der Waals surface area contributed by atoms with E-state index in [0.29, 0.717) is 17.7 Å². The smallest absolute Gasteiger partial charge is 0.234 e. The van der Waals surface area contributed by atoms with Crippen LogP contribution in [0.1, 0.15) is 31.9 Å². The Morgan fingerprint density at radius 2 is 1.92 bits per heavy atom. The first kappa shape index (κ1) is 21.2. The molecular weight excluding hydrogens is 366 g/mol. The summed E-state index contributed by atoms with van der Waals surface area (Å²) in [6.07, 6.45) is 0.570. The highest BCUT2D eigenvalue weighted by Gasteiger charge is 2.23. The molecule has 0 unspecified atom stereocenters. The van der Waals surface area contributed by atoms with Gasteiger partial charge in [-0.15, -0.1) is 12.4 Å². The third-order valence-electron chi connectivity index (χ3n) is 3.70. The molecule has 0 radical (unpaired) electrons. The van der Waals surface area contributed by atoms with Crippen molar-refractivity contribution in [2.75, 3.05) is 0 Å². The second-order valence-corrected chi connectivity index (χ2v) is 5.85. The number of hydrogen-bond donors (Lipinski definition) is 2. The Hall–Kier alpha value is -1.82. The number of primary amides is 1. The largest absolute Gasteiger partial charge is 0.453 e. The highest BCUT2D eigenvalue weighted by Crippen LogP contribution is 2.36. The standard InChI is InChI=1S/C18H20ClFN2O2.ClH/c1-3-15(22-11(2)18(21)23)13-9-10-14(19)17(16(13)20)24-12-7-5-4-6-8-12;/h4-11,15,22H,3H2,1-2H3,(H2,21,23);1H/t11-,15+;/m0./s1. The van der Waals surface area contributed by atoms with Crippen LogP contribution < -0.4 is 15.8 Å². The van der Waals surface area contributed by atoms with Gasteiger partial charge in [0.2, 0.25) is 5.91 Å². The van der Waals surface area contributed by atoms with E-state index in [0.717, 1.165) is 0 Å². The van der Waals surface area contributed by atoms with Crippen LogP contribution >= 0.6 is 24.0 Å². The zero-order chi connectivity index (χ0) is 17.7. The number of ether oxygens (including phenoxy) is 1. The van der Waals surface area contributed by atoms with Crippen LogP contribution in [0.4, 0.5) is 4.39 Å². The number of carbonyl (C=O) groups is 1. The number of carbonyl (C=O) groups excluding carboxylic acids is 1. The lowest BCUT2D eigenvalue weighted by molar-refractivity contribution is -0.119. The Bertz CT molecular complexity index is 714. The first-order valence-corrected chi connectivity index (χ1v) is 8.08. The number of rotatable bonds is 7. The molecular formula is C18H21Cl2FN2O2. The van der Waals surface area contributed by atoms with Crippen LogP contribution in [-0.2, 0) is 4.79 Å². The SMILES string of the molecule is CC[C@@H](N[C@@H](C)C(N)=O)c1ccc(Cl)c(Oc2ccccc2)c1F.Cl. The molecule has 0 aliphatic rings. The van der Waals surface area contributed by atoms with Crippen molar-refractivity contribution in [3.8, 4) is 11.5 Å². The second kappa shape index (κ2) is 9.61. The van der Waals surface area contributed by atoms with Gasteiger partial charge < -0.3 is 10.5 Å². The van der Waals surface area contributed by atoms with E-state index in [1.165, 1.54) is 0 Å². The molecule has 2 aromatic rings. The molecule has 136 valence electrons. The first-order chi connectivity index (χ1) is 11.4. The molecule has 2 aromatic carbocycles. The van der Waals surface area contributed by atoms with E-state index in [9.17, 15) is 9.18 Å². The summed E-state index contributed by atoms with van der Waals surface area (Å²) in [7, 11) is 0. The minimum Gasteiger partial charge on any atom is -0.453 e. The summed E-state index contributed by atoms with van der Waals surface area (Å²) >= 11 is 6.10. The fraction of sp³-hybridized carbons (Fsp3) is 0.278. The van der Waals surface area contributed by atoms with Gasteiger partial charge >= 0.3 is 0 Å². The van der Waals surface area contributed by atoms with Gasteiger partial charge in [-0.25, -0.2) is 4.39 Å². The van der Waals surface area contributed by atoms with Crippen molar-refractivity contribution in [2.45, 2.75) is 32.4 Å². The maximum atomic E-state index is 14.9. The van der Waals surface area contributed by atoms with Crippen molar-refractivity contribution in [1.82, 2.24) is 5.32 Å². The van der Waals surface area contributed by atoms with Gasteiger partial charge in [-0.1, -0.05) is 42.8 Å². The van der Waals surface area contributed by atoms with Crippen LogP contribution in [0, 0.1) is 5.82 Å². The number of para-hydroxylation sites is 1. The van der Waals surface area contributed by atoms with Crippen molar-refractivity contribution in [3.05, 3.63) is 58.9 Å². The van der Waals surface area contributed by atoms with Gasteiger partial charge in [0.05, 0.1) is 11.1 Å². The van der Waals surface area contributed by atoms with Crippen molar-refractivity contribution < 1.29 is 13.9 Å². The van der Waals surface area contributed by atoms with E-state index in [2.05, 4.69) is 5.32 Å². The average Bonchev–Trinajstić information content (AvgIpc) is 2.57. The van der Waals surface area contributed by atoms with Crippen LogP contribution in [0.3, 0.4) is 0 Å². The van der Waals surface area contributed by atoms with Gasteiger partial charge in [-0.3, -0.25) is 10.1 Å². The van der Waals surface area contributed by atoms with Crippen molar-refractivity contribution in [1.29, 1.82) is 0 Å². The molecule has 0 saturated carbocycles. The van der Waals surface area contributed by atoms with Gasteiger partial charge in [-0.2, -0.15) is 0 Å². The molecule has 2 atom stereocenters.